The van der Waals surface area contributed by atoms with Crippen LogP contribution in [0.4, 0.5) is 0 Å². The van der Waals surface area contributed by atoms with Gasteiger partial charge >= 0.3 is 0 Å². The largest absolute Gasteiger partial charge is 0.359 e. The minimum absolute atomic E-state index is 0.455. The normalized spacial score (nSPS) is 12.0. The first kappa shape index (κ1) is 11.8. The molecule has 0 radical (unpaired) electrons. The molecular formula is C7H20N4O. The summed E-state index contributed by atoms with van der Waals surface area (Å²) in [6, 6.07) is 0. The van der Waals surface area contributed by atoms with E-state index in [9.17, 15) is 0 Å². The van der Waals surface area contributed by atoms with Gasteiger partial charge in [-0.2, -0.15) is 0 Å². The Bertz CT molecular complexity index is 104. The maximum absolute atomic E-state index is 5.87. The molecule has 0 atom stereocenters. The van der Waals surface area contributed by atoms with Crippen molar-refractivity contribution in [3.05, 3.63) is 0 Å². The Labute approximate surface area is 73.4 Å². The van der Waals surface area contributed by atoms with Crippen molar-refractivity contribution in [2.45, 2.75) is 18.6 Å². The number of rotatable bonds is 7. The van der Waals surface area contributed by atoms with Gasteiger partial charge in [0, 0.05) is 19.4 Å². The molecule has 0 saturated carbocycles. The highest BCUT2D eigenvalue weighted by Gasteiger charge is 2.23. The lowest BCUT2D eigenvalue weighted by atomic mass is 10.1. The minimum Gasteiger partial charge on any atom is -0.359 e. The zero-order valence-electron chi connectivity index (χ0n) is 7.46. The maximum Gasteiger partial charge on any atom is 0.119 e. The fourth-order valence-corrected chi connectivity index (χ4v) is 1.02. The summed E-state index contributed by atoms with van der Waals surface area (Å²) < 4.78 is 5.35. The second-order valence-electron chi connectivity index (χ2n) is 2.78. The van der Waals surface area contributed by atoms with Gasteiger partial charge < -0.3 is 27.7 Å². The fraction of sp³-hybridized carbons (Fsp3) is 1.00. The molecule has 0 rings (SSSR count). The van der Waals surface area contributed by atoms with E-state index in [0.717, 1.165) is 0 Å². The van der Waals surface area contributed by atoms with E-state index in [1.807, 2.05) is 0 Å². The van der Waals surface area contributed by atoms with Gasteiger partial charge in [0.25, 0.3) is 0 Å². The predicted molar refractivity (Wildman–Crippen MR) is 49.3 cm³/mol. The second kappa shape index (κ2) is 6.33. The highest BCUT2D eigenvalue weighted by Crippen LogP contribution is 2.11. The summed E-state index contributed by atoms with van der Waals surface area (Å²) in [5, 5.41) is 0. The van der Waals surface area contributed by atoms with Crippen LogP contribution >= 0.6 is 0 Å². The Morgan fingerprint density at radius 3 is 1.75 bits per heavy atom. The molecule has 5 heteroatoms. The molecule has 5 nitrogen and oxygen atoms in total. The summed E-state index contributed by atoms with van der Waals surface area (Å²) in [6.07, 6.45) is 1.23. The standard InChI is InChI=1S/C7H20N4O/c8-3-1-7(11,2-4-9)12-6-5-10/h1-6,8-11H2. The monoisotopic (exact) mass is 176 g/mol. The molecule has 0 unspecified atom stereocenters. The van der Waals surface area contributed by atoms with Crippen LogP contribution in [0, 0.1) is 0 Å². The van der Waals surface area contributed by atoms with E-state index in [2.05, 4.69) is 0 Å². The molecule has 0 aromatic heterocycles. The smallest absolute Gasteiger partial charge is 0.119 e. The van der Waals surface area contributed by atoms with E-state index in [0.29, 0.717) is 39.1 Å². The molecule has 0 aliphatic carbocycles. The Morgan fingerprint density at radius 1 is 0.917 bits per heavy atom. The Morgan fingerprint density at radius 2 is 1.42 bits per heavy atom. The summed E-state index contributed by atoms with van der Waals surface area (Å²) in [5.41, 5.74) is 21.2. The quantitative estimate of drug-likeness (QED) is 0.346. The van der Waals surface area contributed by atoms with Gasteiger partial charge in [-0.25, -0.2) is 0 Å². The SMILES string of the molecule is NCCOC(N)(CCN)CCN. The van der Waals surface area contributed by atoms with Crippen LogP contribution in [0.25, 0.3) is 0 Å². The van der Waals surface area contributed by atoms with E-state index >= 15 is 0 Å². The number of hydrogen-bond donors (Lipinski definition) is 4. The third-order valence-corrected chi connectivity index (χ3v) is 1.64. The summed E-state index contributed by atoms with van der Waals surface area (Å²) in [6.45, 7) is 1.92. The molecule has 74 valence electrons. The maximum atomic E-state index is 5.87. The molecule has 0 aliphatic heterocycles. The third-order valence-electron chi connectivity index (χ3n) is 1.64. The van der Waals surface area contributed by atoms with Gasteiger partial charge in [-0.15, -0.1) is 0 Å². The second-order valence-corrected chi connectivity index (χ2v) is 2.78. The van der Waals surface area contributed by atoms with Crippen LogP contribution in [0.5, 0.6) is 0 Å². The van der Waals surface area contributed by atoms with Gasteiger partial charge in [-0.3, -0.25) is 0 Å². The number of ether oxygens (including phenoxy) is 1. The molecule has 12 heavy (non-hydrogen) atoms. The first-order valence-electron chi connectivity index (χ1n) is 4.21. The van der Waals surface area contributed by atoms with E-state index in [-0.39, 0.29) is 0 Å². The van der Waals surface area contributed by atoms with E-state index in [4.69, 9.17) is 27.7 Å². The first-order chi connectivity index (χ1) is 5.68. The highest BCUT2D eigenvalue weighted by atomic mass is 16.5. The molecule has 0 aliphatic rings. The highest BCUT2D eigenvalue weighted by molar-refractivity contribution is 4.74. The van der Waals surface area contributed by atoms with Crippen LogP contribution in [0.1, 0.15) is 12.8 Å². The molecule has 0 heterocycles. The molecular weight excluding hydrogens is 156 g/mol. The molecule has 0 amide bonds. The number of hydrogen-bond acceptors (Lipinski definition) is 5. The predicted octanol–water partition coefficient (Wildman–Crippen LogP) is -1.69. The molecule has 0 spiro atoms. The minimum atomic E-state index is -0.678. The van der Waals surface area contributed by atoms with Crippen molar-refractivity contribution in [3.8, 4) is 0 Å². The van der Waals surface area contributed by atoms with Crippen LogP contribution in [0.2, 0.25) is 0 Å². The molecule has 0 aromatic rings. The average Bonchev–Trinajstić information content (AvgIpc) is 2.02. The van der Waals surface area contributed by atoms with Crippen LogP contribution in [0.15, 0.2) is 0 Å². The molecule has 0 aromatic carbocycles. The van der Waals surface area contributed by atoms with E-state index < -0.39 is 5.72 Å². The van der Waals surface area contributed by atoms with E-state index in [1.165, 1.54) is 0 Å². The van der Waals surface area contributed by atoms with Gasteiger partial charge in [0.2, 0.25) is 0 Å². The lowest BCUT2D eigenvalue weighted by Gasteiger charge is -2.28. The van der Waals surface area contributed by atoms with Gasteiger partial charge in [0.1, 0.15) is 5.72 Å². The van der Waals surface area contributed by atoms with Gasteiger partial charge in [-0.1, -0.05) is 0 Å². The lowest BCUT2D eigenvalue weighted by Crippen LogP contribution is -2.47. The van der Waals surface area contributed by atoms with Crippen LogP contribution in [-0.2, 0) is 4.74 Å². The van der Waals surface area contributed by atoms with Crippen molar-refractivity contribution in [1.82, 2.24) is 0 Å². The topological polar surface area (TPSA) is 113 Å². The van der Waals surface area contributed by atoms with Crippen molar-refractivity contribution in [1.29, 1.82) is 0 Å². The van der Waals surface area contributed by atoms with Crippen molar-refractivity contribution in [2.24, 2.45) is 22.9 Å². The van der Waals surface area contributed by atoms with Gasteiger partial charge in [-0.05, 0) is 13.1 Å². The average molecular weight is 176 g/mol. The Hall–Kier alpha value is -0.200. The Balaban J connectivity index is 3.80. The molecule has 0 bridgehead atoms. The summed E-state index contributed by atoms with van der Waals surface area (Å²) >= 11 is 0. The van der Waals surface area contributed by atoms with Crippen LogP contribution < -0.4 is 22.9 Å². The van der Waals surface area contributed by atoms with Crippen molar-refractivity contribution < 1.29 is 4.74 Å². The Kier molecular flexibility index (Phi) is 6.23. The lowest BCUT2D eigenvalue weighted by molar-refractivity contribution is -0.0460. The summed E-state index contributed by atoms with van der Waals surface area (Å²) in [4.78, 5) is 0. The molecule has 8 N–H and O–H groups in total. The third kappa shape index (κ3) is 4.63. The summed E-state index contributed by atoms with van der Waals surface area (Å²) in [7, 11) is 0. The fourth-order valence-electron chi connectivity index (χ4n) is 1.02. The van der Waals surface area contributed by atoms with Crippen LogP contribution in [-0.4, -0.2) is 32.0 Å². The van der Waals surface area contributed by atoms with Crippen LogP contribution in [0.3, 0.4) is 0 Å². The van der Waals surface area contributed by atoms with Gasteiger partial charge in [0.05, 0.1) is 6.61 Å². The van der Waals surface area contributed by atoms with Gasteiger partial charge in [0.15, 0.2) is 0 Å². The zero-order chi connectivity index (χ0) is 9.45. The molecule has 0 saturated heterocycles. The summed E-state index contributed by atoms with van der Waals surface area (Å²) in [5.74, 6) is 0. The number of nitrogens with two attached hydrogens (primary N) is 4. The zero-order valence-corrected chi connectivity index (χ0v) is 7.46. The van der Waals surface area contributed by atoms with E-state index in [1.54, 1.807) is 0 Å². The van der Waals surface area contributed by atoms with Crippen molar-refractivity contribution >= 4 is 0 Å². The molecule has 0 fully saturated rings. The van der Waals surface area contributed by atoms with Crippen molar-refractivity contribution in [2.75, 3.05) is 26.2 Å². The van der Waals surface area contributed by atoms with Crippen molar-refractivity contribution in [3.63, 3.8) is 0 Å². The first-order valence-corrected chi connectivity index (χ1v) is 4.21.